The zero-order chi connectivity index (χ0) is 12.4. The Kier molecular flexibility index (Phi) is 3.44. The van der Waals surface area contributed by atoms with E-state index in [9.17, 15) is 21.6 Å². The van der Waals surface area contributed by atoms with Crippen molar-refractivity contribution in [2.45, 2.75) is 12.1 Å². The maximum Gasteiger partial charge on any atom is 0.534 e. The predicted octanol–water partition coefficient (Wildman–Crippen LogP) is 1.37. The minimum Gasteiger partial charge on any atom is -0.376 e. The number of alkyl halides is 3. The molecule has 0 bridgehead atoms. The van der Waals surface area contributed by atoms with Crippen LogP contribution in [0.3, 0.4) is 0 Å². The molecule has 1 aromatic rings. The molecule has 0 aliphatic heterocycles. The molecule has 16 heavy (non-hydrogen) atoms. The van der Waals surface area contributed by atoms with Gasteiger partial charge < -0.3 is 9.92 Å². The molecule has 0 unspecified atom stereocenters. The first-order chi connectivity index (χ1) is 7.26. The molecule has 0 aliphatic rings. The van der Waals surface area contributed by atoms with Crippen LogP contribution in [0.15, 0.2) is 24.3 Å². The molecule has 0 aromatic heterocycles. The van der Waals surface area contributed by atoms with Gasteiger partial charge in [-0.15, -0.1) is 0 Å². The summed E-state index contributed by atoms with van der Waals surface area (Å²) < 4.78 is 60.9. The molecule has 0 radical (unpaired) electrons. The monoisotopic (exact) mass is 255 g/mol. The van der Waals surface area contributed by atoms with E-state index in [4.69, 9.17) is 5.73 Å². The Labute approximate surface area is 89.9 Å². The quantitative estimate of drug-likeness (QED) is 0.654. The van der Waals surface area contributed by atoms with Crippen LogP contribution < -0.4 is 9.92 Å². The number of nitrogens with two attached hydrogens (primary N) is 1. The van der Waals surface area contributed by atoms with E-state index >= 15 is 0 Å². The Hall–Kier alpha value is -1.28. The van der Waals surface area contributed by atoms with Crippen molar-refractivity contribution in [1.29, 1.82) is 0 Å². The molecule has 1 aromatic carbocycles. The Morgan fingerprint density at radius 3 is 2.06 bits per heavy atom. The van der Waals surface area contributed by atoms with Crippen molar-refractivity contribution < 1.29 is 25.8 Å². The number of rotatable bonds is 3. The van der Waals surface area contributed by atoms with Gasteiger partial charge in [0.05, 0.1) is 0 Å². The van der Waals surface area contributed by atoms with Gasteiger partial charge in [-0.3, -0.25) is 0 Å². The summed E-state index contributed by atoms with van der Waals surface area (Å²) in [6, 6.07) is 4.96. The summed E-state index contributed by atoms with van der Waals surface area (Å²) in [6.07, 6.45) is 0. The van der Waals surface area contributed by atoms with E-state index in [0.717, 1.165) is 12.1 Å². The second kappa shape index (κ2) is 4.30. The van der Waals surface area contributed by atoms with Crippen molar-refractivity contribution in [2.75, 3.05) is 0 Å². The maximum absolute atomic E-state index is 11.9. The predicted molar refractivity (Wildman–Crippen MR) is 49.9 cm³/mol. The molecule has 0 saturated heterocycles. The molecule has 0 atom stereocenters. The molecular weight excluding hydrogens is 247 g/mol. The van der Waals surface area contributed by atoms with Crippen molar-refractivity contribution in [2.24, 2.45) is 5.73 Å². The lowest BCUT2D eigenvalue weighted by Gasteiger charge is -2.09. The lowest BCUT2D eigenvalue weighted by atomic mass is 10.2. The summed E-state index contributed by atoms with van der Waals surface area (Å²) in [6.45, 7) is 0.201. The molecule has 0 fully saturated rings. The number of halogens is 3. The third kappa shape index (κ3) is 2.86. The fourth-order valence-corrected chi connectivity index (χ4v) is 1.31. The number of hydrogen-bond donors (Lipinski definition) is 1. The highest BCUT2D eigenvalue weighted by molar-refractivity contribution is 7.87. The smallest absolute Gasteiger partial charge is 0.376 e. The molecule has 4 nitrogen and oxygen atoms in total. The normalized spacial score (nSPS) is 12.5. The van der Waals surface area contributed by atoms with Crippen LogP contribution in [0.25, 0.3) is 0 Å². The van der Waals surface area contributed by atoms with Crippen LogP contribution in [-0.2, 0) is 16.7 Å². The van der Waals surface area contributed by atoms with E-state index < -0.39 is 21.4 Å². The van der Waals surface area contributed by atoms with Crippen molar-refractivity contribution in [3.8, 4) is 5.75 Å². The third-order valence-electron chi connectivity index (χ3n) is 1.65. The zero-order valence-electron chi connectivity index (χ0n) is 7.86. The SMILES string of the molecule is NCc1ccc(OS(=O)(=O)C(F)(F)F)cc1. The summed E-state index contributed by atoms with van der Waals surface area (Å²) in [7, 11) is -5.60. The van der Waals surface area contributed by atoms with Gasteiger partial charge in [-0.05, 0) is 17.7 Å². The van der Waals surface area contributed by atoms with Gasteiger partial charge in [-0.25, -0.2) is 0 Å². The van der Waals surface area contributed by atoms with Gasteiger partial charge >= 0.3 is 15.6 Å². The van der Waals surface area contributed by atoms with E-state index in [0.29, 0.717) is 5.56 Å². The summed E-state index contributed by atoms with van der Waals surface area (Å²) in [5.74, 6) is -0.408. The lowest BCUT2D eigenvalue weighted by Crippen LogP contribution is -2.28. The van der Waals surface area contributed by atoms with Gasteiger partial charge in [0.15, 0.2) is 0 Å². The van der Waals surface area contributed by atoms with Gasteiger partial charge in [-0.1, -0.05) is 12.1 Å². The number of benzene rings is 1. The highest BCUT2D eigenvalue weighted by Gasteiger charge is 2.48. The Morgan fingerprint density at radius 2 is 1.69 bits per heavy atom. The molecule has 2 N–H and O–H groups in total. The van der Waals surface area contributed by atoms with Crippen LogP contribution >= 0.6 is 0 Å². The van der Waals surface area contributed by atoms with Crippen molar-refractivity contribution in [3.63, 3.8) is 0 Å². The molecule has 0 heterocycles. The molecule has 0 saturated carbocycles. The van der Waals surface area contributed by atoms with Crippen LogP contribution in [0, 0.1) is 0 Å². The highest BCUT2D eigenvalue weighted by atomic mass is 32.2. The van der Waals surface area contributed by atoms with Crippen LogP contribution in [0.5, 0.6) is 5.75 Å². The van der Waals surface area contributed by atoms with E-state index in [1.54, 1.807) is 0 Å². The van der Waals surface area contributed by atoms with Crippen LogP contribution in [0.4, 0.5) is 13.2 Å². The molecule has 0 aliphatic carbocycles. The van der Waals surface area contributed by atoms with Crippen LogP contribution in [0.1, 0.15) is 5.56 Å². The van der Waals surface area contributed by atoms with Crippen LogP contribution in [0.2, 0.25) is 0 Å². The largest absolute Gasteiger partial charge is 0.534 e. The van der Waals surface area contributed by atoms with E-state index in [2.05, 4.69) is 4.18 Å². The molecule has 90 valence electrons. The Balaban J connectivity index is 2.89. The summed E-state index contributed by atoms with van der Waals surface area (Å²) in [4.78, 5) is 0. The van der Waals surface area contributed by atoms with Gasteiger partial charge in [0.1, 0.15) is 5.75 Å². The summed E-state index contributed by atoms with van der Waals surface area (Å²) in [5.41, 5.74) is 0.476. The van der Waals surface area contributed by atoms with E-state index in [1.807, 2.05) is 0 Å². The van der Waals surface area contributed by atoms with Gasteiger partial charge in [0.25, 0.3) is 0 Å². The van der Waals surface area contributed by atoms with Gasteiger partial charge in [0, 0.05) is 6.54 Å². The zero-order valence-corrected chi connectivity index (χ0v) is 8.68. The molecular formula is C8H8F3NO3S. The average molecular weight is 255 g/mol. The van der Waals surface area contributed by atoms with Crippen molar-refractivity contribution >= 4 is 10.1 Å². The van der Waals surface area contributed by atoms with Crippen LogP contribution in [-0.4, -0.2) is 13.9 Å². The Morgan fingerprint density at radius 1 is 1.19 bits per heavy atom. The third-order valence-corrected chi connectivity index (χ3v) is 2.63. The Bertz CT molecular complexity index is 452. The second-order valence-electron chi connectivity index (χ2n) is 2.83. The fourth-order valence-electron chi connectivity index (χ4n) is 0.855. The molecule has 0 amide bonds. The minimum atomic E-state index is -5.60. The molecule has 8 heteroatoms. The molecule has 1 rings (SSSR count). The first kappa shape index (κ1) is 12.8. The topological polar surface area (TPSA) is 69.4 Å². The van der Waals surface area contributed by atoms with E-state index in [1.165, 1.54) is 12.1 Å². The van der Waals surface area contributed by atoms with Gasteiger partial charge in [0.2, 0.25) is 0 Å². The maximum atomic E-state index is 11.9. The lowest BCUT2D eigenvalue weighted by molar-refractivity contribution is -0.0500. The first-order valence-electron chi connectivity index (χ1n) is 4.06. The van der Waals surface area contributed by atoms with Crippen molar-refractivity contribution in [3.05, 3.63) is 29.8 Å². The fraction of sp³-hybridized carbons (Fsp3) is 0.250. The highest BCUT2D eigenvalue weighted by Crippen LogP contribution is 2.26. The van der Waals surface area contributed by atoms with Crippen molar-refractivity contribution in [1.82, 2.24) is 0 Å². The summed E-state index contributed by atoms with van der Waals surface area (Å²) in [5, 5.41) is 0. The molecule has 0 spiro atoms. The average Bonchev–Trinajstić information content (AvgIpc) is 2.16. The minimum absolute atomic E-state index is 0.201. The van der Waals surface area contributed by atoms with E-state index in [-0.39, 0.29) is 6.54 Å². The first-order valence-corrected chi connectivity index (χ1v) is 5.47. The van der Waals surface area contributed by atoms with Gasteiger partial charge in [-0.2, -0.15) is 21.6 Å². The summed E-state index contributed by atoms with van der Waals surface area (Å²) >= 11 is 0. The second-order valence-corrected chi connectivity index (χ2v) is 4.37. The number of hydrogen-bond acceptors (Lipinski definition) is 4. The standard InChI is InChI=1S/C8H8F3NO3S/c9-8(10,11)16(13,14)15-7-3-1-6(5-12)2-4-7/h1-4H,5,12H2.